The van der Waals surface area contributed by atoms with E-state index in [1.165, 1.54) is 0 Å². The zero-order valence-corrected chi connectivity index (χ0v) is 16.3. The van der Waals surface area contributed by atoms with Crippen LogP contribution in [-0.2, 0) is 0 Å². The van der Waals surface area contributed by atoms with E-state index in [0.717, 1.165) is 13.4 Å². The largest absolute Gasteiger partial charge is 0.495 e. The highest BCUT2D eigenvalue weighted by atomic mass is 127. The van der Waals surface area contributed by atoms with E-state index in [1.54, 1.807) is 35.6 Å². The second kappa shape index (κ2) is 6.77. The SMILES string of the molecule is COc1cc(NN2c3cc(I)sc3C=CC2C#N)c(Cl)cc1Cl. The van der Waals surface area contributed by atoms with Crippen molar-refractivity contribution in [3.05, 3.63) is 42.1 Å². The number of benzene rings is 1. The molecule has 23 heavy (non-hydrogen) atoms. The number of thiophene rings is 1. The van der Waals surface area contributed by atoms with E-state index in [-0.39, 0.29) is 0 Å². The van der Waals surface area contributed by atoms with E-state index in [4.69, 9.17) is 27.9 Å². The summed E-state index contributed by atoms with van der Waals surface area (Å²) < 4.78 is 6.37. The standard InChI is InChI=1S/C15H10Cl2IN3OS/c1-22-13-5-11(9(16)4-10(13)17)20-21-8(7-19)2-3-14-12(21)6-15(18)23-14/h2-6,8,20H,1H3. The van der Waals surface area contributed by atoms with Crippen LogP contribution in [0.1, 0.15) is 4.88 Å². The molecular formula is C15H10Cl2IN3OS. The first-order chi connectivity index (χ1) is 11.0. The maximum absolute atomic E-state index is 9.43. The summed E-state index contributed by atoms with van der Waals surface area (Å²) >= 11 is 16.3. The zero-order valence-electron chi connectivity index (χ0n) is 11.8. The average Bonchev–Trinajstić information content (AvgIpc) is 2.90. The predicted octanol–water partition coefficient (Wildman–Crippen LogP) is 5.42. The van der Waals surface area contributed by atoms with Gasteiger partial charge >= 0.3 is 0 Å². The second-order valence-corrected chi connectivity index (χ2v) is 8.47. The van der Waals surface area contributed by atoms with Crippen LogP contribution >= 0.6 is 57.1 Å². The van der Waals surface area contributed by atoms with E-state index in [2.05, 4.69) is 34.1 Å². The first-order valence-corrected chi connectivity index (χ1v) is 9.14. The molecule has 0 fully saturated rings. The summed E-state index contributed by atoms with van der Waals surface area (Å²) in [6, 6.07) is 7.18. The average molecular weight is 478 g/mol. The molecule has 3 rings (SSSR count). The number of hydrogen-bond acceptors (Lipinski definition) is 5. The third kappa shape index (κ3) is 3.24. The van der Waals surface area contributed by atoms with Gasteiger partial charge in [-0.05, 0) is 46.9 Å². The van der Waals surface area contributed by atoms with E-state index in [1.807, 2.05) is 18.2 Å². The third-order valence-electron chi connectivity index (χ3n) is 3.29. The highest BCUT2D eigenvalue weighted by molar-refractivity contribution is 14.1. The van der Waals surface area contributed by atoms with Crippen molar-refractivity contribution in [3.8, 4) is 11.8 Å². The van der Waals surface area contributed by atoms with Crippen molar-refractivity contribution in [2.45, 2.75) is 6.04 Å². The highest BCUT2D eigenvalue weighted by Crippen LogP contribution is 2.39. The van der Waals surface area contributed by atoms with E-state index in [0.29, 0.717) is 21.5 Å². The van der Waals surface area contributed by atoms with Gasteiger partial charge in [0, 0.05) is 6.07 Å². The molecule has 0 aliphatic carbocycles. The Bertz CT molecular complexity index is 831. The van der Waals surface area contributed by atoms with Crippen LogP contribution in [0.3, 0.4) is 0 Å². The van der Waals surface area contributed by atoms with Crippen LogP contribution < -0.4 is 15.2 Å². The number of nitrogens with one attached hydrogen (secondary N) is 1. The molecule has 0 saturated heterocycles. The fraction of sp³-hybridized carbons (Fsp3) is 0.133. The van der Waals surface area contributed by atoms with Crippen molar-refractivity contribution < 1.29 is 4.74 Å². The van der Waals surface area contributed by atoms with Gasteiger partial charge in [-0.2, -0.15) is 5.26 Å². The molecule has 1 aromatic carbocycles. The summed E-state index contributed by atoms with van der Waals surface area (Å²) in [6.07, 6.45) is 3.82. The molecule has 0 bridgehead atoms. The van der Waals surface area contributed by atoms with Gasteiger partial charge in [0.05, 0.1) is 42.4 Å². The van der Waals surface area contributed by atoms with Gasteiger partial charge < -0.3 is 4.74 Å². The molecule has 0 saturated carbocycles. The lowest BCUT2D eigenvalue weighted by Crippen LogP contribution is -2.39. The van der Waals surface area contributed by atoms with Gasteiger partial charge in [0.1, 0.15) is 5.75 Å². The first-order valence-electron chi connectivity index (χ1n) is 6.49. The Morgan fingerprint density at radius 3 is 2.83 bits per heavy atom. The second-order valence-electron chi connectivity index (χ2n) is 4.68. The number of hydrogen-bond donors (Lipinski definition) is 1. The van der Waals surface area contributed by atoms with Gasteiger partial charge in [-0.1, -0.05) is 23.2 Å². The van der Waals surface area contributed by atoms with Gasteiger partial charge in [-0.3, -0.25) is 10.4 Å². The molecule has 4 nitrogen and oxygen atoms in total. The van der Waals surface area contributed by atoms with Crippen molar-refractivity contribution >= 4 is 74.6 Å². The van der Waals surface area contributed by atoms with E-state index < -0.39 is 6.04 Å². The Morgan fingerprint density at radius 2 is 2.13 bits per heavy atom. The molecule has 2 aromatic rings. The van der Waals surface area contributed by atoms with Crippen LogP contribution in [-0.4, -0.2) is 13.2 Å². The Labute approximate surface area is 161 Å². The molecule has 1 atom stereocenters. The molecule has 1 N–H and O–H groups in total. The van der Waals surface area contributed by atoms with Gasteiger partial charge in [0.2, 0.25) is 0 Å². The molecule has 1 aliphatic rings. The minimum atomic E-state index is -0.439. The fourth-order valence-corrected chi connectivity index (χ4v) is 4.52. The van der Waals surface area contributed by atoms with Crippen molar-refractivity contribution in [1.82, 2.24) is 0 Å². The lowest BCUT2D eigenvalue weighted by atomic mass is 10.1. The maximum Gasteiger partial charge on any atom is 0.155 e. The number of rotatable bonds is 3. The number of nitrogens with zero attached hydrogens (tertiary/aromatic N) is 2. The summed E-state index contributed by atoms with van der Waals surface area (Å²) in [6.45, 7) is 0. The maximum atomic E-state index is 9.43. The third-order valence-corrected chi connectivity index (χ3v) is 5.75. The Kier molecular flexibility index (Phi) is 4.92. The number of ether oxygens (including phenoxy) is 1. The lowest BCUT2D eigenvalue weighted by Gasteiger charge is -2.31. The van der Waals surface area contributed by atoms with Crippen molar-refractivity contribution in [2.75, 3.05) is 17.5 Å². The zero-order chi connectivity index (χ0) is 16.6. The minimum absolute atomic E-state index is 0.434. The summed E-state index contributed by atoms with van der Waals surface area (Å²) in [4.78, 5) is 1.09. The fourth-order valence-electron chi connectivity index (χ4n) is 2.22. The number of fused-ring (bicyclic) bond motifs is 1. The van der Waals surface area contributed by atoms with Gasteiger partial charge in [0.25, 0.3) is 0 Å². The van der Waals surface area contributed by atoms with Crippen LogP contribution in [0.5, 0.6) is 5.75 Å². The molecule has 0 amide bonds. The molecule has 0 spiro atoms. The van der Waals surface area contributed by atoms with Crippen LogP contribution in [0, 0.1) is 14.2 Å². The molecule has 0 radical (unpaired) electrons. The van der Waals surface area contributed by atoms with E-state index >= 15 is 0 Å². The van der Waals surface area contributed by atoms with Crippen LogP contribution in [0.25, 0.3) is 6.08 Å². The molecule has 1 unspecified atom stereocenters. The number of nitriles is 1. The highest BCUT2D eigenvalue weighted by Gasteiger charge is 2.25. The lowest BCUT2D eigenvalue weighted by molar-refractivity contribution is 0.415. The Hall–Kier alpha value is -1.14. The Morgan fingerprint density at radius 1 is 1.35 bits per heavy atom. The molecule has 8 heteroatoms. The van der Waals surface area contributed by atoms with Crippen LogP contribution in [0.4, 0.5) is 11.4 Å². The van der Waals surface area contributed by atoms with Crippen LogP contribution in [0.2, 0.25) is 10.0 Å². The summed E-state index contributed by atoms with van der Waals surface area (Å²) in [5, 5.41) is 12.1. The summed E-state index contributed by atoms with van der Waals surface area (Å²) in [5.74, 6) is 0.514. The van der Waals surface area contributed by atoms with Crippen molar-refractivity contribution in [3.63, 3.8) is 0 Å². The van der Waals surface area contributed by atoms with Gasteiger partial charge in [-0.25, -0.2) is 0 Å². The monoisotopic (exact) mass is 477 g/mol. The molecular weight excluding hydrogens is 468 g/mol. The molecule has 1 aliphatic heterocycles. The number of halogens is 3. The molecule has 1 aromatic heterocycles. The smallest absolute Gasteiger partial charge is 0.155 e. The van der Waals surface area contributed by atoms with E-state index in [9.17, 15) is 5.26 Å². The van der Waals surface area contributed by atoms with Crippen molar-refractivity contribution in [2.24, 2.45) is 0 Å². The van der Waals surface area contributed by atoms with Gasteiger partial charge in [0.15, 0.2) is 6.04 Å². The molecule has 2 heterocycles. The quantitative estimate of drug-likeness (QED) is 0.599. The summed E-state index contributed by atoms with van der Waals surface area (Å²) in [5.41, 5.74) is 4.78. The Balaban J connectivity index is 2.01. The van der Waals surface area contributed by atoms with Gasteiger partial charge in [-0.15, -0.1) is 11.3 Å². The minimum Gasteiger partial charge on any atom is -0.495 e. The van der Waals surface area contributed by atoms with Crippen LogP contribution in [0.15, 0.2) is 24.3 Å². The van der Waals surface area contributed by atoms with Crippen molar-refractivity contribution in [1.29, 1.82) is 5.26 Å². The summed E-state index contributed by atoms with van der Waals surface area (Å²) in [7, 11) is 1.54. The number of hydrazine groups is 1. The first kappa shape index (κ1) is 16.7. The molecule has 118 valence electrons. The predicted molar refractivity (Wildman–Crippen MR) is 105 cm³/mol. The topological polar surface area (TPSA) is 48.3 Å². The normalized spacial score (nSPS) is 16.0. The number of anilines is 2. The number of methoxy groups -OCH3 is 1.